The van der Waals surface area contributed by atoms with E-state index in [1.807, 2.05) is 43.0 Å². The van der Waals surface area contributed by atoms with Gasteiger partial charge in [0.1, 0.15) is 22.2 Å². The second-order valence-corrected chi connectivity index (χ2v) is 8.70. The molecule has 0 N–H and O–H groups in total. The number of thiophene rings is 1. The highest BCUT2D eigenvalue weighted by Gasteiger charge is 2.32. The molecule has 140 valence electrons. The zero-order valence-electron chi connectivity index (χ0n) is 15.5. The van der Waals surface area contributed by atoms with Gasteiger partial charge in [0.25, 0.3) is 5.91 Å². The Morgan fingerprint density at radius 2 is 2.07 bits per heavy atom. The van der Waals surface area contributed by atoms with E-state index in [1.54, 1.807) is 11.3 Å². The Bertz CT molecular complexity index is 916. The summed E-state index contributed by atoms with van der Waals surface area (Å²) in [5.74, 6) is 0.915. The summed E-state index contributed by atoms with van der Waals surface area (Å²) in [5, 5.41) is 5.06. The van der Waals surface area contributed by atoms with E-state index < -0.39 is 0 Å². The number of carbonyl (C=O) groups is 1. The molecule has 1 aliphatic heterocycles. The number of benzene rings is 1. The molecule has 0 aliphatic carbocycles. The molecular formula is C21H22N2O2S2. The SMILES string of the molecule is Cc1ccc(OCc2nc(C)c(C(=O)N3CCCC3c3ccsc3)s2)cc1. The smallest absolute Gasteiger partial charge is 0.266 e. The molecule has 2 aromatic heterocycles. The van der Waals surface area contributed by atoms with Crippen LogP contribution in [0, 0.1) is 13.8 Å². The van der Waals surface area contributed by atoms with Crippen LogP contribution in [0.3, 0.4) is 0 Å². The van der Waals surface area contributed by atoms with Gasteiger partial charge in [-0.05, 0) is 61.2 Å². The topological polar surface area (TPSA) is 42.4 Å². The number of rotatable bonds is 5. The minimum atomic E-state index is 0.0975. The fraction of sp³-hybridized carbons (Fsp3) is 0.333. The Morgan fingerprint density at radius 1 is 1.26 bits per heavy atom. The maximum atomic E-state index is 13.2. The van der Waals surface area contributed by atoms with Gasteiger partial charge >= 0.3 is 0 Å². The quantitative estimate of drug-likeness (QED) is 0.580. The molecule has 0 saturated carbocycles. The lowest BCUT2D eigenvalue weighted by Gasteiger charge is -2.23. The van der Waals surface area contributed by atoms with Gasteiger partial charge in [-0.1, -0.05) is 17.7 Å². The highest BCUT2D eigenvalue weighted by Crippen LogP contribution is 2.35. The maximum absolute atomic E-state index is 13.2. The van der Waals surface area contributed by atoms with Crippen molar-refractivity contribution in [3.63, 3.8) is 0 Å². The first-order valence-electron chi connectivity index (χ1n) is 9.10. The van der Waals surface area contributed by atoms with E-state index in [1.165, 1.54) is 22.5 Å². The molecule has 0 radical (unpaired) electrons. The average Bonchev–Trinajstić information content (AvgIpc) is 3.41. The molecule has 4 rings (SSSR count). The Labute approximate surface area is 167 Å². The number of ether oxygens (including phenoxy) is 1. The third kappa shape index (κ3) is 3.92. The summed E-state index contributed by atoms with van der Waals surface area (Å²) in [6.07, 6.45) is 2.08. The molecule has 1 fully saturated rings. The van der Waals surface area contributed by atoms with Crippen LogP contribution in [0.15, 0.2) is 41.1 Å². The van der Waals surface area contributed by atoms with Gasteiger partial charge in [-0.25, -0.2) is 4.98 Å². The van der Waals surface area contributed by atoms with Crippen molar-refractivity contribution in [2.45, 2.75) is 39.3 Å². The van der Waals surface area contributed by atoms with Crippen LogP contribution in [0.2, 0.25) is 0 Å². The van der Waals surface area contributed by atoms with Gasteiger partial charge < -0.3 is 9.64 Å². The lowest BCUT2D eigenvalue weighted by Crippen LogP contribution is -2.30. The van der Waals surface area contributed by atoms with Crippen LogP contribution in [-0.4, -0.2) is 22.3 Å². The molecule has 0 spiro atoms. The Morgan fingerprint density at radius 3 is 2.81 bits per heavy atom. The molecular weight excluding hydrogens is 376 g/mol. The van der Waals surface area contributed by atoms with E-state index in [4.69, 9.17) is 4.74 Å². The van der Waals surface area contributed by atoms with Crippen molar-refractivity contribution in [3.8, 4) is 5.75 Å². The monoisotopic (exact) mass is 398 g/mol. The standard InChI is InChI=1S/C21H22N2O2S2/c1-14-5-7-17(8-6-14)25-12-19-22-15(2)20(27-19)21(24)23-10-3-4-18(23)16-9-11-26-13-16/h5-9,11,13,18H,3-4,10,12H2,1-2H3. The molecule has 0 bridgehead atoms. The lowest BCUT2D eigenvalue weighted by atomic mass is 10.1. The van der Waals surface area contributed by atoms with E-state index in [2.05, 4.69) is 21.8 Å². The van der Waals surface area contributed by atoms with Gasteiger partial charge in [-0.15, -0.1) is 11.3 Å². The molecule has 27 heavy (non-hydrogen) atoms. The predicted octanol–water partition coefficient (Wildman–Crippen LogP) is 5.38. The molecule has 1 amide bonds. The van der Waals surface area contributed by atoms with Gasteiger partial charge in [0, 0.05) is 6.54 Å². The number of amides is 1. The fourth-order valence-electron chi connectivity index (χ4n) is 3.44. The minimum Gasteiger partial charge on any atom is -0.486 e. The lowest BCUT2D eigenvalue weighted by molar-refractivity contribution is 0.0740. The van der Waals surface area contributed by atoms with E-state index >= 15 is 0 Å². The number of aromatic nitrogens is 1. The van der Waals surface area contributed by atoms with Gasteiger partial charge in [-0.2, -0.15) is 11.3 Å². The predicted molar refractivity (Wildman–Crippen MR) is 110 cm³/mol. The Hall–Kier alpha value is -2.18. The van der Waals surface area contributed by atoms with Gasteiger partial charge in [0.15, 0.2) is 0 Å². The molecule has 6 heteroatoms. The normalized spacial score (nSPS) is 16.7. The zero-order chi connectivity index (χ0) is 18.8. The average molecular weight is 399 g/mol. The van der Waals surface area contributed by atoms with Crippen LogP contribution >= 0.6 is 22.7 Å². The van der Waals surface area contributed by atoms with Gasteiger partial charge in [0.05, 0.1) is 11.7 Å². The van der Waals surface area contributed by atoms with Gasteiger partial charge in [-0.3, -0.25) is 4.79 Å². The molecule has 1 saturated heterocycles. The number of nitrogens with zero attached hydrogens (tertiary/aromatic N) is 2. The zero-order valence-corrected chi connectivity index (χ0v) is 17.1. The molecule has 3 aromatic rings. The summed E-state index contributed by atoms with van der Waals surface area (Å²) in [4.78, 5) is 20.5. The Balaban J connectivity index is 1.47. The first-order chi connectivity index (χ1) is 13.1. The van der Waals surface area contributed by atoms with Crippen molar-refractivity contribution in [2.24, 2.45) is 0 Å². The highest BCUT2D eigenvalue weighted by molar-refractivity contribution is 7.13. The third-order valence-electron chi connectivity index (χ3n) is 4.86. The number of hydrogen-bond acceptors (Lipinski definition) is 5. The molecule has 1 unspecified atom stereocenters. The maximum Gasteiger partial charge on any atom is 0.266 e. The molecule has 1 atom stereocenters. The van der Waals surface area contributed by atoms with Crippen LogP contribution < -0.4 is 4.74 Å². The van der Waals surface area contributed by atoms with Crippen molar-refractivity contribution in [1.29, 1.82) is 0 Å². The van der Waals surface area contributed by atoms with E-state index in [0.29, 0.717) is 6.61 Å². The highest BCUT2D eigenvalue weighted by atomic mass is 32.1. The van der Waals surface area contributed by atoms with Crippen molar-refractivity contribution in [3.05, 3.63) is 67.8 Å². The third-order valence-corrected chi connectivity index (χ3v) is 6.68. The van der Waals surface area contributed by atoms with E-state index in [9.17, 15) is 4.79 Å². The van der Waals surface area contributed by atoms with Crippen molar-refractivity contribution in [2.75, 3.05) is 6.54 Å². The number of carbonyl (C=O) groups excluding carboxylic acids is 1. The minimum absolute atomic E-state index is 0.0975. The largest absolute Gasteiger partial charge is 0.486 e. The van der Waals surface area contributed by atoms with Crippen molar-refractivity contribution in [1.82, 2.24) is 9.88 Å². The summed E-state index contributed by atoms with van der Waals surface area (Å²) in [6, 6.07) is 10.3. The number of likely N-dealkylation sites (tertiary alicyclic amines) is 1. The molecule has 1 aliphatic rings. The molecule has 3 heterocycles. The van der Waals surface area contributed by atoms with Crippen LogP contribution in [-0.2, 0) is 6.61 Å². The van der Waals surface area contributed by atoms with E-state index in [-0.39, 0.29) is 11.9 Å². The Kier molecular flexibility index (Phi) is 5.27. The van der Waals surface area contributed by atoms with Gasteiger partial charge in [0.2, 0.25) is 0 Å². The van der Waals surface area contributed by atoms with E-state index in [0.717, 1.165) is 40.7 Å². The summed E-state index contributed by atoms with van der Waals surface area (Å²) >= 11 is 3.14. The van der Waals surface area contributed by atoms with Crippen LogP contribution in [0.4, 0.5) is 0 Å². The van der Waals surface area contributed by atoms with Crippen LogP contribution in [0.1, 0.15) is 50.4 Å². The van der Waals surface area contributed by atoms with Crippen LogP contribution in [0.25, 0.3) is 0 Å². The summed E-state index contributed by atoms with van der Waals surface area (Å²) in [7, 11) is 0. The summed E-state index contributed by atoms with van der Waals surface area (Å²) < 4.78 is 5.83. The number of thiazole rings is 1. The first-order valence-corrected chi connectivity index (χ1v) is 10.9. The first kappa shape index (κ1) is 18.2. The number of hydrogen-bond donors (Lipinski definition) is 0. The fourth-order valence-corrected chi connectivity index (χ4v) is 5.08. The summed E-state index contributed by atoms with van der Waals surface area (Å²) in [6.45, 7) is 5.16. The molecule has 4 nitrogen and oxygen atoms in total. The molecule has 1 aromatic carbocycles. The second-order valence-electron chi connectivity index (χ2n) is 6.84. The number of aryl methyl sites for hydroxylation is 2. The van der Waals surface area contributed by atoms with Crippen molar-refractivity contribution >= 4 is 28.6 Å². The van der Waals surface area contributed by atoms with Crippen LogP contribution in [0.5, 0.6) is 5.75 Å². The summed E-state index contributed by atoms with van der Waals surface area (Å²) in [5.41, 5.74) is 3.24. The second kappa shape index (κ2) is 7.82. The van der Waals surface area contributed by atoms with Crippen molar-refractivity contribution < 1.29 is 9.53 Å².